The van der Waals surface area contributed by atoms with Gasteiger partial charge < -0.3 is 28.4 Å². The Morgan fingerprint density at radius 3 is 0.722 bits per heavy atom. The number of hydrogen-bond donors (Lipinski definition) is 0. The predicted octanol–water partition coefficient (Wildman–Crippen LogP) is 0.705. The van der Waals surface area contributed by atoms with E-state index in [-0.39, 0.29) is 36.6 Å². The van der Waals surface area contributed by atoms with Gasteiger partial charge in [0.05, 0.1) is 0 Å². The maximum absolute atomic E-state index is 5.32. The van der Waals surface area contributed by atoms with Gasteiger partial charge in [0.1, 0.15) is 0 Å². The van der Waals surface area contributed by atoms with Gasteiger partial charge in [-0.15, -0.1) is 0 Å². The fraction of sp³-hybridized carbons (Fsp3) is 1.00. The van der Waals surface area contributed by atoms with Gasteiger partial charge >= 0.3 is 0 Å². The molecule has 0 aliphatic heterocycles. The lowest BCUT2D eigenvalue weighted by atomic mass is 10.3. The molecule has 0 N–H and O–H groups in total. The standard InChI is InChI=1S/C12H24O6/c1-13-10(14-2)7-8(11(15-3)16-4)9(7)12(17-5)18-6/h7-12H,1-6H3. The molecule has 6 nitrogen and oxygen atoms in total. The summed E-state index contributed by atoms with van der Waals surface area (Å²) in [5, 5.41) is 0. The maximum Gasteiger partial charge on any atom is 0.160 e. The summed E-state index contributed by atoms with van der Waals surface area (Å²) in [5.74, 6) is 0.361. The molecule has 0 amide bonds. The molecule has 0 aromatic heterocycles. The molecule has 0 aromatic carbocycles. The third-order valence-electron chi connectivity index (χ3n) is 3.53. The molecular formula is C12H24O6. The Morgan fingerprint density at radius 1 is 0.444 bits per heavy atom. The number of hydrogen-bond acceptors (Lipinski definition) is 6. The van der Waals surface area contributed by atoms with Gasteiger partial charge in [-0.1, -0.05) is 0 Å². The topological polar surface area (TPSA) is 55.4 Å². The first-order valence-corrected chi connectivity index (χ1v) is 5.86. The molecule has 18 heavy (non-hydrogen) atoms. The van der Waals surface area contributed by atoms with Gasteiger partial charge in [-0.25, -0.2) is 0 Å². The van der Waals surface area contributed by atoms with Gasteiger partial charge in [0.25, 0.3) is 0 Å². The van der Waals surface area contributed by atoms with E-state index in [1.807, 2.05) is 0 Å². The Balaban J connectivity index is 2.78. The fourth-order valence-corrected chi connectivity index (χ4v) is 2.71. The zero-order valence-electron chi connectivity index (χ0n) is 11.9. The van der Waals surface area contributed by atoms with Crippen LogP contribution in [-0.2, 0) is 28.4 Å². The second-order valence-electron chi connectivity index (χ2n) is 4.25. The highest BCUT2D eigenvalue weighted by molar-refractivity contribution is 5.02. The molecule has 1 fully saturated rings. The van der Waals surface area contributed by atoms with E-state index in [1.54, 1.807) is 42.7 Å². The van der Waals surface area contributed by atoms with Crippen molar-refractivity contribution in [2.24, 2.45) is 17.8 Å². The van der Waals surface area contributed by atoms with Gasteiger partial charge in [0.15, 0.2) is 18.9 Å². The van der Waals surface area contributed by atoms with Gasteiger partial charge in [0, 0.05) is 60.4 Å². The minimum Gasteiger partial charge on any atom is -0.356 e. The van der Waals surface area contributed by atoms with Crippen molar-refractivity contribution in [2.75, 3.05) is 42.7 Å². The van der Waals surface area contributed by atoms with E-state index in [2.05, 4.69) is 0 Å². The Morgan fingerprint density at radius 2 is 0.611 bits per heavy atom. The van der Waals surface area contributed by atoms with Crippen LogP contribution in [0.15, 0.2) is 0 Å². The van der Waals surface area contributed by atoms with Crippen molar-refractivity contribution in [1.29, 1.82) is 0 Å². The van der Waals surface area contributed by atoms with E-state index >= 15 is 0 Å². The molecular weight excluding hydrogens is 240 g/mol. The van der Waals surface area contributed by atoms with E-state index in [4.69, 9.17) is 28.4 Å². The molecule has 1 rings (SSSR count). The number of methoxy groups -OCH3 is 6. The molecule has 0 spiro atoms. The SMILES string of the molecule is COC(OC)C1C(C(OC)OC)C1C(OC)OC. The molecule has 0 atom stereocenters. The molecule has 108 valence electrons. The molecule has 0 unspecified atom stereocenters. The molecule has 0 aromatic rings. The van der Waals surface area contributed by atoms with Crippen molar-refractivity contribution in [3.63, 3.8) is 0 Å². The van der Waals surface area contributed by atoms with Gasteiger partial charge in [0.2, 0.25) is 0 Å². The first-order chi connectivity index (χ1) is 8.69. The van der Waals surface area contributed by atoms with E-state index in [1.165, 1.54) is 0 Å². The normalized spacial score (nSPS) is 27.5. The highest BCUT2D eigenvalue weighted by Crippen LogP contribution is 2.55. The average molecular weight is 264 g/mol. The quantitative estimate of drug-likeness (QED) is 0.572. The zero-order chi connectivity index (χ0) is 13.7. The largest absolute Gasteiger partial charge is 0.356 e. The summed E-state index contributed by atoms with van der Waals surface area (Å²) in [6, 6.07) is 0. The van der Waals surface area contributed by atoms with Crippen molar-refractivity contribution in [1.82, 2.24) is 0 Å². The summed E-state index contributed by atoms with van der Waals surface area (Å²) < 4.78 is 31.9. The van der Waals surface area contributed by atoms with Crippen molar-refractivity contribution < 1.29 is 28.4 Å². The smallest absolute Gasteiger partial charge is 0.160 e. The minimum atomic E-state index is -0.319. The van der Waals surface area contributed by atoms with Gasteiger partial charge in [-0.3, -0.25) is 0 Å². The third-order valence-corrected chi connectivity index (χ3v) is 3.53. The number of rotatable bonds is 9. The maximum atomic E-state index is 5.32. The molecule has 0 bridgehead atoms. The van der Waals surface area contributed by atoms with Crippen LogP contribution in [0.4, 0.5) is 0 Å². The Labute approximate surface area is 108 Å². The lowest BCUT2D eigenvalue weighted by Gasteiger charge is -2.16. The molecule has 0 heterocycles. The Hall–Kier alpha value is -0.240. The summed E-state index contributed by atoms with van der Waals surface area (Å²) in [4.78, 5) is 0. The van der Waals surface area contributed by atoms with E-state index < -0.39 is 0 Å². The minimum absolute atomic E-state index is 0.120. The summed E-state index contributed by atoms with van der Waals surface area (Å²) in [6.07, 6.45) is -0.957. The molecule has 1 aliphatic rings. The summed E-state index contributed by atoms with van der Waals surface area (Å²) in [5.41, 5.74) is 0. The Bertz CT molecular complexity index is 181. The van der Waals surface area contributed by atoms with Crippen LogP contribution >= 0.6 is 0 Å². The molecule has 1 aliphatic carbocycles. The van der Waals surface area contributed by atoms with Crippen LogP contribution in [0.1, 0.15) is 0 Å². The van der Waals surface area contributed by atoms with E-state index in [0.717, 1.165) is 0 Å². The third kappa shape index (κ3) is 3.01. The van der Waals surface area contributed by atoms with Crippen molar-refractivity contribution in [3.05, 3.63) is 0 Å². The summed E-state index contributed by atoms with van der Waals surface area (Å²) in [6.45, 7) is 0. The highest BCUT2D eigenvalue weighted by atomic mass is 16.7. The number of ether oxygens (including phenoxy) is 6. The molecule has 0 radical (unpaired) electrons. The first kappa shape index (κ1) is 15.8. The van der Waals surface area contributed by atoms with Gasteiger partial charge in [-0.05, 0) is 0 Å². The fourth-order valence-electron chi connectivity index (χ4n) is 2.71. The van der Waals surface area contributed by atoms with Crippen LogP contribution in [0.3, 0.4) is 0 Å². The van der Waals surface area contributed by atoms with Crippen molar-refractivity contribution in [3.8, 4) is 0 Å². The van der Waals surface area contributed by atoms with Crippen LogP contribution < -0.4 is 0 Å². The lowest BCUT2D eigenvalue weighted by Crippen LogP contribution is -2.22. The Kier molecular flexibility index (Phi) is 6.48. The van der Waals surface area contributed by atoms with Crippen molar-refractivity contribution in [2.45, 2.75) is 18.9 Å². The monoisotopic (exact) mass is 264 g/mol. The average Bonchev–Trinajstić information content (AvgIpc) is 3.10. The van der Waals surface area contributed by atoms with E-state index in [0.29, 0.717) is 0 Å². The van der Waals surface area contributed by atoms with Crippen LogP contribution in [-0.4, -0.2) is 61.5 Å². The first-order valence-electron chi connectivity index (χ1n) is 5.86. The van der Waals surface area contributed by atoms with Crippen LogP contribution in [0.25, 0.3) is 0 Å². The summed E-state index contributed by atoms with van der Waals surface area (Å²) in [7, 11) is 9.69. The molecule has 1 saturated carbocycles. The van der Waals surface area contributed by atoms with Crippen LogP contribution in [0.2, 0.25) is 0 Å². The van der Waals surface area contributed by atoms with E-state index in [9.17, 15) is 0 Å². The molecule has 0 saturated heterocycles. The predicted molar refractivity (Wildman–Crippen MR) is 63.9 cm³/mol. The molecule has 6 heteroatoms. The van der Waals surface area contributed by atoms with Crippen LogP contribution in [0, 0.1) is 17.8 Å². The lowest BCUT2D eigenvalue weighted by molar-refractivity contribution is -0.148. The van der Waals surface area contributed by atoms with Crippen LogP contribution in [0.5, 0.6) is 0 Å². The second-order valence-corrected chi connectivity index (χ2v) is 4.25. The van der Waals surface area contributed by atoms with Gasteiger partial charge in [-0.2, -0.15) is 0 Å². The van der Waals surface area contributed by atoms with Crippen molar-refractivity contribution >= 4 is 0 Å². The summed E-state index contributed by atoms with van der Waals surface area (Å²) >= 11 is 0. The zero-order valence-corrected chi connectivity index (χ0v) is 11.9. The second kappa shape index (κ2) is 7.37. The highest BCUT2D eigenvalue weighted by Gasteiger charge is 2.63.